The van der Waals surface area contributed by atoms with Crippen molar-refractivity contribution in [2.75, 3.05) is 6.54 Å². The minimum Gasteiger partial charge on any atom is -0.312 e. The largest absolute Gasteiger partial charge is 0.312 e. The maximum atomic E-state index is 4.56. The zero-order valence-electron chi connectivity index (χ0n) is 9.76. The quantitative estimate of drug-likeness (QED) is 0.847. The predicted octanol–water partition coefficient (Wildman–Crippen LogP) is 2.51. The molecule has 2 heteroatoms. The fourth-order valence-corrected chi connectivity index (χ4v) is 2.51. The summed E-state index contributed by atoms with van der Waals surface area (Å²) in [6.45, 7) is 1.98. The summed E-state index contributed by atoms with van der Waals surface area (Å²) < 4.78 is 0. The number of benzene rings is 1. The Morgan fingerprint density at radius 1 is 1.12 bits per heavy atom. The van der Waals surface area contributed by atoms with Crippen molar-refractivity contribution < 1.29 is 0 Å². The molecule has 1 aromatic carbocycles. The first-order valence-electron chi connectivity index (χ1n) is 6.12. The van der Waals surface area contributed by atoms with Crippen LogP contribution in [0.15, 0.2) is 48.7 Å². The van der Waals surface area contributed by atoms with Gasteiger partial charge in [0.25, 0.3) is 0 Å². The number of hydrogen-bond donors (Lipinski definition) is 1. The Kier molecular flexibility index (Phi) is 2.88. The van der Waals surface area contributed by atoms with Crippen LogP contribution in [0.5, 0.6) is 0 Å². The molecule has 0 radical (unpaired) electrons. The van der Waals surface area contributed by atoms with E-state index in [1.807, 2.05) is 12.3 Å². The second kappa shape index (κ2) is 4.68. The van der Waals surface area contributed by atoms with Crippen LogP contribution in [0.4, 0.5) is 0 Å². The van der Waals surface area contributed by atoms with Gasteiger partial charge >= 0.3 is 0 Å². The summed E-state index contributed by atoms with van der Waals surface area (Å²) in [5.74, 6) is 0.502. The topological polar surface area (TPSA) is 24.9 Å². The van der Waals surface area contributed by atoms with Crippen LogP contribution in [0, 0.1) is 0 Å². The fourth-order valence-electron chi connectivity index (χ4n) is 2.51. The Morgan fingerprint density at radius 3 is 2.88 bits per heavy atom. The molecular formula is C15H16N2. The number of fused-ring (bicyclic) bond motifs is 1. The summed E-state index contributed by atoms with van der Waals surface area (Å²) in [5.41, 5.74) is 4.01. The minimum absolute atomic E-state index is 0.502. The monoisotopic (exact) mass is 224 g/mol. The number of rotatable bonds is 2. The highest BCUT2D eigenvalue weighted by molar-refractivity contribution is 5.28. The summed E-state index contributed by atoms with van der Waals surface area (Å²) in [6.07, 6.45) is 2.97. The summed E-state index contributed by atoms with van der Waals surface area (Å²) in [5, 5.41) is 3.47. The van der Waals surface area contributed by atoms with Crippen molar-refractivity contribution in [1.29, 1.82) is 0 Å². The summed E-state index contributed by atoms with van der Waals surface area (Å²) in [6, 6.07) is 14.8. The molecule has 1 aliphatic rings. The van der Waals surface area contributed by atoms with Crippen molar-refractivity contribution in [1.82, 2.24) is 10.3 Å². The second-order valence-electron chi connectivity index (χ2n) is 4.57. The molecule has 2 heterocycles. The van der Waals surface area contributed by atoms with Crippen molar-refractivity contribution in [3.8, 4) is 0 Å². The molecule has 86 valence electrons. The minimum atomic E-state index is 0.502. The van der Waals surface area contributed by atoms with Crippen LogP contribution in [0.25, 0.3) is 0 Å². The van der Waals surface area contributed by atoms with E-state index in [1.165, 1.54) is 16.8 Å². The Balaban J connectivity index is 1.86. The zero-order chi connectivity index (χ0) is 11.5. The number of nitrogens with zero attached hydrogens (tertiary/aromatic N) is 1. The summed E-state index contributed by atoms with van der Waals surface area (Å²) >= 11 is 0. The van der Waals surface area contributed by atoms with Crippen LogP contribution in [-0.2, 0) is 13.0 Å². The van der Waals surface area contributed by atoms with Crippen LogP contribution >= 0.6 is 0 Å². The highest BCUT2D eigenvalue weighted by Crippen LogP contribution is 2.24. The van der Waals surface area contributed by atoms with E-state index >= 15 is 0 Å². The third kappa shape index (κ3) is 2.22. The van der Waals surface area contributed by atoms with Gasteiger partial charge in [0.2, 0.25) is 0 Å². The molecule has 0 saturated heterocycles. The fraction of sp³-hybridized carbons (Fsp3) is 0.267. The first kappa shape index (κ1) is 10.5. The number of nitrogens with one attached hydrogen (secondary N) is 1. The Morgan fingerprint density at radius 2 is 2.00 bits per heavy atom. The Bertz CT molecular complexity index is 493. The number of aromatic nitrogens is 1. The van der Waals surface area contributed by atoms with Gasteiger partial charge in [0, 0.05) is 30.9 Å². The van der Waals surface area contributed by atoms with Crippen LogP contribution < -0.4 is 5.32 Å². The molecule has 1 aliphatic heterocycles. The molecule has 3 rings (SSSR count). The molecule has 0 saturated carbocycles. The molecule has 1 unspecified atom stereocenters. The molecular weight excluding hydrogens is 208 g/mol. The lowest BCUT2D eigenvalue weighted by Gasteiger charge is -2.25. The molecule has 2 nitrogen and oxygen atoms in total. The van der Waals surface area contributed by atoms with Crippen LogP contribution in [0.3, 0.4) is 0 Å². The smallest absolute Gasteiger partial charge is 0.0495 e. The van der Waals surface area contributed by atoms with Gasteiger partial charge in [-0.3, -0.25) is 4.98 Å². The zero-order valence-corrected chi connectivity index (χ0v) is 9.76. The van der Waals surface area contributed by atoms with Crippen molar-refractivity contribution in [3.63, 3.8) is 0 Å². The molecule has 1 aromatic heterocycles. The lowest BCUT2D eigenvalue weighted by Crippen LogP contribution is -2.30. The molecule has 0 bridgehead atoms. The van der Waals surface area contributed by atoms with E-state index in [1.54, 1.807) is 0 Å². The average Bonchev–Trinajstić information content (AvgIpc) is 2.40. The standard InChI is InChI=1S/C15H16N2/c1-2-5-12(6-3-1)9-14-11-16-10-13-7-4-8-17-15(13)14/h1-8,14,16H,9-11H2. The van der Waals surface area contributed by atoms with Gasteiger partial charge in [-0.25, -0.2) is 0 Å². The van der Waals surface area contributed by atoms with Crippen molar-refractivity contribution in [2.45, 2.75) is 18.9 Å². The van der Waals surface area contributed by atoms with E-state index in [-0.39, 0.29) is 0 Å². The molecule has 0 amide bonds. The number of pyridine rings is 1. The van der Waals surface area contributed by atoms with Crippen LogP contribution in [0.1, 0.15) is 22.7 Å². The van der Waals surface area contributed by atoms with Gasteiger partial charge in [-0.05, 0) is 23.6 Å². The van der Waals surface area contributed by atoms with E-state index in [9.17, 15) is 0 Å². The van der Waals surface area contributed by atoms with E-state index in [0.29, 0.717) is 5.92 Å². The summed E-state index contributed by atoms with van der Waals surface area (Å²) in [7, 11) is 0. The third-order valence-electron chi connectivity index (χ3n) is 3.34. The molecule has 1 atom stereocenters. The molecule has 0 spiro atoms. The molecule has 1 N–H and O–H groups in total. The van der Waals surface area contributed by atoms with Gasteiger partial charge in [-0.1, -0.05) is 36.4 Å². The van der Waals surface area contributed by atoms with E-state index < -0.39 is 0 Å². The third-order valence-corrected chi connectivity index (χ3v) is 3.34. The van der Waals surface area contributed by atoms with Crippen molar-refractivity contribution in [3.05, 3.63) is 65.5 Å². The van der Waals surface area contributed by atoms with Crippen LogP contribution in [-0.4, -0.2) is 11.5 Å². The normalized spacial score (nSPS) is 18.7. The Labute approximate surface area is 102 Å². The van der Waals surface area contributed by atoms with Crippen LogP contribution in [0.2, 0.25) is 0 Å². The lowest BCUT2D eigenvalue weighted by atomic mass is 9.90. The van der Waals surface area contributed by atoms with Gasteiger partial charge in [-0.2, -0.15) is 0 Å². The molecule has 0 fully saturated rings. The summed E-state index contributed by atoms with van der Waals surface area (Å²) in [4.78, 5) is 4.56. The molecule has 17 heavy (non-hydrogen) atoms. The molecule has 0 aliphatic carbocycles. The highest BCUT2D eigenvalue weighted by Gasteiger charge is 2.20. The second-order valence-corrected chi connectivity index (χ2v) is 4.57. The molecule has 2 aromatic rings. The van der Waals surface area contributed by atoms with Gasteiger partial charge in [0.05, 0.1) is 0 Å². The van der Waals surface area contributed by atoms with E-state index in [4.69, 9.17) is 0 Å². The Hall–Kier alpha value is -1.67. The van der Waals surface area contributed by atoms with Crippen molar-refractivity contribution in [2.24, 2.45) is 0 Å². The van der Waals surface area contributed by atoms with E-state index in [2.05, 4.69) is 46.7 Å². The maximum absolute atomic E-state index is 4.56. The van der Waals surface area contributed by atoms with Crippen molar-refractivity contribution >= 4 is 0 Å². The first-order chi connectivity index (χ1) is 8.43. The van der Waals surface area contributed by atoms with Gasteiger partial charge in [-0.15, -0.1) is 0 Å². The van der Waals surface area contributed by atoms with E-state index in [0.717, 1.165) is 19.5 Å². The van der Waals surface area contributed by atoms with Gasteiger partial charge in [0.1, 0.15) is 0 Å². The lowest BCUT2D eigenvalue weighted by molar-refractivity contribution is 0.525. The number of hydrogen-bond acceptors (Lipinski definition) is 2. The van der Waals surface area contributed by atoms with Gasteiger partial charge in [0.15, 0.2) is 0 Å². The predicted molar refractivity (Wildman–Crippen MR) is 68.8 cm³/mol. The highest BCUT2D eigenvalue weighted by atomic mass is 14.9. The SMILES string of the molecule is c1ccc(CC2CNCc3cccnc32)cc1. The van der Waals surface area contributed by atoms with Gasteiger partial charge < -0.3 is 5.32 Å². The first-order valence-corrected chi connectivity index (χ1v) is 6.12. The maximum Gasteiger partial charge on any atom is 0.0495 e. The average molecular weight is 224 g/mol.